The fraction of sp³-hybridized carbons (Fsp3) is 0.588. The quantitative estimate of drug-likeness (QED) is 0.689. The molecule has 0 heterocycles. The second-order valence-electron chi connectivity index (χ2n) is 5.06. The lowest BCUT2D eigenvalue weighted by Crippen LogP contribution is -2.32. The average Bonchev–Trinajstić information content (AvgIpc) is 2.51. The van der Waals surface area contributed by atoms with Crippen LogP contribution < -0.4 is 4.74 Å². The molecular formula is C17H26N2O. The van der Waals surface area contributed by atoms with Gasteiger partial charge in [-0.15, -0.1) is 0 Å². The Bertz CT molecular complexity index is 421. The van der Waals surface area contributed by atoms with Crippen LogP contribution in [0.5, 0.6) is 5.75 Å². The molecule has 0 radical (unpaired) electrons. The van der Waals surface area contributed by atoms with Crippen molar-refractivity contribution in [2.24, 2.45) is 5.92 Å². The lowest BCUT2D eigenvalue weighted by atomic mass is 10.0. The minimum atomic E-state index is 0.645. The number of rotatable bonds is 9. The van der Waals surface area contributed by atoms with Gasteiger partial charge in [-0.3, -0.25) is 4.90 Å². The minimum Gasteiger partial charge on any atom is -0.492 e. The van der Waals surface area contributed by atoms with E-state index in [2.05, 4.69) is 31.7 Å². The third-order valence-electron chi connectivity index (χ3n) is 3.76. The van der Waals surface area contributed by atoms with Gasteiger partial charge in [0.2, 0.25) is 0 Å². The second kappa shape index (κ2) is 9.39. The molecular weight excluding hydrogens is 248 g/mol. The van der Waals surface area contributed by atoms with Gasteiger partial charge < -0.3 is 4.74 Å². The van der Waals surface area contributed by atoms with Crippen LogP contribution in [0.4, 0.5) is 0 Å². The lowest BCUT2D eigenvalue weighted by Gasteiger charge is -2.25. The van der Waals surface area contributed by atoms with E-state index in [1.54, 1.807) is 12.1 Å². The van der Waals surface area contributed by atoms with E-state index in [1.165, 1.54) is 12.8 Å². The van der Waals surface area contributed by atoms with Gasteiger partial charge in [-0.25, -0.2) is 0 Å². The summed E-state index contributed by atoms with van der Waals surface area (Å²) in [6, 6.07) is 9.47. The highest BCUT2D eigenvalue weighted by Gasteiger charge is 2.09. The number of hydrogen-bond donors (Lipinski definition) is 0. The molecule has 0 amide bonds. The number of nitrogens with zero attached hydrogens (tertiary/aromatic N) is 2. The number of benzene rings is 1. The summed E-state index contributed by atoms with van der Waals surface area (Å²) < 4.78 is 5.74. The summed E-state index contributed by atoms with van der Waals surface area (Å²) in [5.41, 5.74) is 0.645. The Balaban J connectivity index is 2.39. The van der Waals surface area contributed by atoms with Crippen molar-refractivity contribution < 1.29 is 4.74 Å². The van der Waals surface area contributed by atoms with E-state index in [-0.39, 0.29) is 0 Å². The Morgan fingerprint density at radius 2 is 2.00 bits per heavy atom. The monoisotopic (exact) mass is 274 g/mol. The molecule has 110 valence electrons. The van der Waals surface area contributed by atoms with Gasteiger partial charge in [0.05, 0.1) is 11.6 Å². The molecule has 0 unspecified atom stereocenters. The third-order valence-corrected chi connectivity index (χ3v) is 3.76. The van der Waals surface area contributed by atoms with Gasteiger partial charge in [0, 0.05) is 13.1 Å². The van der Waals surface area contributed by atoms with Crippen LogP contribution in [0, 0.1) is 17.2 Å². The molecule has 0 aliphatic rings. The van der Waals surface area contributed by atoms with Crippen LogP contribution in [0.2, 0.25) is 0 Å². The molecule has 3 nitrogen and oxygen atoms in total. The van der Waals surface area contributed by atoms with E-state index in [4.69, 9.17) is 10.00 Å². The number of ether oxygens (including phenoxy) is 1. The highest BCUT2D eigenvalue weighted by Crippen LogP contribution is 2.13. The van der Waals surface area contributed by atoms with Crippen molar-refractivity contribution in [2.75, 3.05) is 26.2 Å². The summed E-state index contributed by atoms with van der Waals surface area (Å²) in [5.74, 6) is 1.56. The maximum atomic E-state index is 8.85. The van der Waals surface area contributed by atoms with Crippen LogP contribution in [0.25, 0.3) is 0 Å². The van der Waals surface area contributed by atoms with E-state index >= 15 is 0 Å². The molecule has 0 aromatic heterocycles. The van der Waals surface area contributed by atoms with Gasteiger partial charge in [-0.2, -0.15) is 5.26 Å². The molecule has 0 aliphatic carbocycles. The van der Waals surface area contributed by atoms with Crippen LogP contribution in [0.1, 0.15) is 39.2 Å². The molecule has 0 N–H and O–H groups in total. The lowest BCUT2D eigenvalue weighted by molar-refractivity contribution is 0.188. The average molecular weight is 274 g/mol. The smallest absolute Gasteiger partial charge is 0.120 e. The number of hydrogen-bond acceptors (Lipinski definition) is 3. The van der Waals surface area contributed by atoms with E-state index in [0.717, 1.165) is 31.3 Å². The minimum absolute atomic E-state index is 0.645. The molecule has 1 rings (SSSR count). The zero-order valence-electron chi connectivity index (χ0n) is 12.9. The molecule has 3 heteroatoms. The first kappa shape index (κ1) is 16.5. The van der Waals surface area contributed by atoms with Gasteiger partial charge in [-0.1, -0.05) is 39.7 Å². The standard InChI is InChI=1S/C17H26N2O/c1-4-15(5-2)14-19(6-3)10-11-20-17-9-7-8-16(12-17)13-18/h7-9,12,15H,4-6,10-11,14H2,1-3H3. The molecule has 0 fully saturated rings. The molecule has 0 spiro atoms. The fourth-order valence-corrected chi connectivity index (χ4v) is 2.24. The summed E-state index contributed by atoms with van der Waals surface area (Å²) >= 11 is 0. The summed E-state index contributed by atoms with van der Waals surface area (Å²) in [7, 11) is 0. The van der Waals surface area contributed by atoms with Crippen molar-refractivity contribution >= 4 is 0 Å². The molecule has 0 saturated heterocycles. The number of nitriles is 1. The summed E-state index contributed by atoms with van der Waals surface area (Å²) in [6.45, 7) is 10.5. The van der Waals surface area contributed by atoms with Crippen LogP contribution >= 0.6 is 0 Å². The Morgan fingerprint density at radius 1 is 1.25 bits per heavy atom. The SMILES string of the molecule is CCC(CC)CN(CC)CCOc1cccc(C#N)c1. The first-order chi connectivity index (χ1) is 9.73. The molecule has 1 aromatic carbocycles. The zero-order chi connectivity index (χ0) is 14.8. The molecule has 0 aliphatic heterocycles. The van der Waals surface area contributed by atoms with Gasteiger partial charge in [-0.05, 0) is 30.7 Å². The maximum absolute atomic E-state index is 8.85. The predicted octanol–water partition coefficient (Wildman–Crippen LogP) is 3.70. The van der Waals surface area contributed by atoms with E-state index in [0.29, 0.717) is 12.2 Å². The van der Waals surface area contributed by atoms with Crippen LogP contribution in [0.15, 0.2) is 24.3 Å². The van der Waals surface area contributed by atoms with Crippen molar-refractivity contribution in [1.29, 1.82) is 5.26 Å². The van der Waals surface area contributed by atoms with Gasteiger partial charge >= 0.3 is 0 Å². The molecule has 1 aromatic rings. The van der Waals surface area contributed by atoms with Crippen molar-refractivity contribution in [3.05, 3.63) is 29.8 Å². The van der Waals surface area contributed by atoms with Crippen LogP contribution in [0.3, 0.4) is 0 Å². The Kier molecular flexibility index (Phi) is 7.75. The zero-order valence-corrected chi connectivity index (χ0v) is 12.9. The Labute approximate surface area is 123 Å². The van der Waals surface area contributed by atoms with E-state index in [1.807, 2.05) is 12.1 Å². The van der Waals surface area contributed by atoms with Crippen molar-refractivity contribution in [1.82, 2.24) is 4.90 Å². The third kappa shape index (κ3) is 5.63. The summed E-state index contributed by atoms with van der Waals surface area (Å²) in [5, 5.41) is 8.85. The van der Waals surface area contributed by atoms with Gasteiger partial charge in [0.25, 0.3) is 0 Å². The first-order valence-corrected chi connectivity index (χ1v) is 7.58. The van der Waals surface area contributed by atoms with Crippen LogP contribution in [-0.2, 0) is 0 Å². The largest absolute Gasteiger partial charge is 0.492 e. The normalized spacial score (nSPS) is 10.8. The molecule has 0 atom stereocenters. The van der Waals surface area contributed by atoms with Crippen LogP contribution in [-0.4, -0.2) is 31.1 Å². The second-order valence-corrected chi connectivity index (χ2v) is 5.06. The Morgan fingerprint density at radius 3 is 2.60 bits per heavy atom. The fourth-order valence-electron chi connectivity index (χ4n) is 2.24. The maximum Gasteiger partial charge on any atom is 0.120 e. The van der Waals surface area contributed by atoms with E-state index in [9.17, 15) is 0 Å². The van der Waals surface area contributed by atoms with Gasteiger partial charge in [0.1, 0.15) is 12.4 Å². The van der Waals surface area contributed by atoms with E-state index < -0.39 is 0 Å². The molecule has 0 saturated carbocycles. The number of likely N-dealkylation sites (N-methyl/N-ethyl adjacent to an activating group) is 1. The Hall–Kier alpha value is -1.53. The van der Waals surface area contributed by atoms with Crippen molar-refractivity contribution in [3.63, 3.8) is 0 Å². The first-order valence-electron chi connectivity index (χ1n) is 7.58. The molecule has 0 bridgehead atoms. The highest BCUT2D eigenvalue weighted by molar-refractivity contribution is 5.36. The van der Waals surface area contributed by atoms with Gasteiger partial charge in [0.15, 0.2) is 0 Å². The summed E-state index contributed by atoms with van der Waals surface area (Å²) in [4.78, 5) is 2.44. The van der Waals surface area contributed by atoms with Crippen molar-refractivity contribution in [2.45, 2.75) is 33.6 Å². The molecule has 20 heavy (non-hydrogen) atoms. The highest BCUT2D eigenvalue weighted by atomic mass is 16.5. The summed E-state index contributed by atoms with van der Waals surface area (Å²) in [6.07, 6.45) is 2.47. The van der Waals surface area contributed by atoms with Crippen molar-refractivity contribution in [3.8, 4) is 11.8 Å². The topological polar surface area (TPSA) is 36.3 Å². The predicted molar refractivity (Wildman–Crippen MR) is 82.8 cm³/mol.